The van der Waals surface area contributed by atoms with Gasteiger partial charge in [0.15, 0.2) is 6.10 Å². The summed E-state index contributed by atoms with van der Waals surface area (Å²) < 4.78 is 5.16. The molecule has 0 radical (unpaired) electrons. The summed E-state index contributed by atoms with van der Waals surface area (Å²) in [6.45, 7) is 1.56. The molecule has 2 rings (SSSR count). The molecule has 0 aromatic heterocycles. The fraction of sp³-hybridized carbons (Fsp3) is 0.125. The van der Waals surface area contributed by atoms with Crippen LogP contribution in [-0.2, 0) is 4.74 Å². The smallest absolute Gasteiger partial charge is 0.338 e. The molecular formula is C16H15NO3. The van der Waals surface area contributed by atoms with E-state index < -0.39 is 12.1 Å². The van der Waals surface area contributed by atoms with E-state index in [9.17, 15) is 9.59 Å². The number of hydrogen-bond acceptors (Lipinski definition) is 4. The molecule has 1 atom stereocenters. The molecule has 2 aromatic carbocycles. The molecule has 0 amide bonds. The predicted molar refractivity (Wildman–Crippen MR) is 76.5 cm³/mol. The van der Waals surface area contributed by atoms with E-state index in [4.69, 9.17) is 10.5 Å². The van der Waals surface area contributed by atoms with Crippen LogP contribution < -0.4 is 5.73 Å². The first-order valence-electron chi connectivity index (χ1n) is 6.23. The second kappa shape index (κ2) is 6.02. The van der Waals surface area contributed by atoms with Crippen LogP contribution in [0.1, 0.15) is 27.6 Å². The Labute approximate surface area is 117 Å². The number of nitrogens with two attached hydrogens (primary N) is 1. The molecule has 0 aliphatic carbocycles. The quantitative estimate of drug-likeness (QED) is 0.526. The maximum absolute atomic E-state index is 12.1. The summed E-state index contributed by atoms with van der Waals surface area (Å²) in [5, 5.41) is 0. The van der Waals surface area contributed by atoms with Gasteiger partial charge in [-0.05, 0) is 31.2 Å². The lowest BCUT2D eigenvalue weighted by Crippen LogP contribution is -2.24. The molecule has 0 heterocycles. The largest absolute Gasteiger partial charge is 0.451 e. The number of carbonyl (C=O) groups excluding carboxylic acids is 2. The van der Waals surface area contributed by atoms with Crippen molar-refractivity contribution >= 4 is 17.4 Å². The number of Topliss-reactive ketones (excluding diaryl/α,β-unsaturated/α-hetero) is 1. The van der Waals surface area contributed by atoms with E-state index in [1.165, 1.54) is 0 Å². The molecule has 2 N–H and O–H groups in total. The first-order valence-corrected chi connectivity index (χ1v) is 6.23. The number of anilines is 1. The molecule has 0 bridgehead atoms. The van der Waals surface area contributed by atoms with Gasteiger partial charge >= 0.3 is 5.97 Å². The highest BCUT2D eigenvalue weighted by atomic mass is 16.5. The highest BCUT2D eigenvalue weighted by Gasteiger charge is 2.19. The Bertz CT molecular complexity index is 605. The number of benzene rings is 2. The van der Waals surface area contributed by atoms with Crippen LogP contribution in [-0.4, -0.2) is 17.9 Å². The molecule has 20 heavy (non-hydrogen) atoms. The zero-order chi connectivity index (χ0) is 14.5. The molecular weight excluding hydrogens is 254 g/mol. The summed E-state index contributed by atoms with van der Waals surface area (Å²) in [5.41, 5.74) is 7.00. The third-order valence-corrected chi connectivity index (χ3v) is 2.86. The van der Waals surface area contributed by atoms with Crippen molar-refractivity contribution in [3.05, 3.63) is 65.7 Å². The van der Waals surface area contributed by atoms with E-state index in [-0.39, 0.29) is 5.78 Å². The van der Waals surface area contributed by atoms with Crippen molar-refractivity contribution < 1.29 is 14.3 Å². The number of ketones is 1. The maximum Gasteiger partial charge on any atom is 0.338 e. The Hall–Kier alpha value is -2.62. The number of rotatable bonds is 4. The minimum absolute atomic E-state index is 0.227. The Balaban J connectivity index is 2.04. The van der Waals surface area contributed by atoms with Gasteiger partial charge < -0.3 is 10.5 Å². The van der Waals surface area contributed by atoms with Gasteiger partial charge in [-0.15, -0.1) is 0 Å². The van der Waals surface area contributed by atoms with Crippen LogP contribution in [0.3, 0.4) is 0 Å². The number of carbonyl (C=O) groups is 2. The number of hydrogen-bond donors (Lipinski definition) is 1. The Morgan fingerprint density at radius 2 is 1.55 bits per heavy atom. The topological polar surface area (TPSA) is 69.4 Å². The molecule has 0 saturated heterocycles. The third kappa shape index (κ3) is 3.23. The highest BCUT2D eigenvalue weighted by molar-refractivity contribution is 6.01. The second-order valence-corrected chi connectivity index (χ2v) is 4.40. The molecule has 0 fully saturated rings. The van der Waals surface area contributed by atoms with Gasteiger partial charge in [0, 0.05) is 11.3 Å². The summed E-state index contributed by atoms with van der Waals surface area (Å²) in [6.07, 6.45) is -0.831. The lowest BCUT2D eigenvalue weighted by Gasteiger charge is -2.12. The van der Waals surface area contributed by atoms with Gasteiger partial charge in [-0.1, -0.05) is 30.3 Å². The lowest BCUT2D eigenvalue weighted by atomic mass is 10.1. The normalized spacial score (nSPS) is 11.7. The van der Waals surface area contributed by atoms with Gasteiger partial charge in [-0.3, -0.25) is 4.79 Å². The molecule has 102 valence electrons. The van der Waals surface area contributed by atoms with E-state index >= 15 is 0 Å². The van der Waals surface area contributed by atoms with Crippen molar-refractivity contribution in [2.24, 2.45) is 0 Å². The zero-order valence-corrected chi connectivity index (χ0v) is 11.1. The summed E-state index contributed by atoms with van der Waals surface area (Å²) in [7, 11) is 0. The highest BCUT2D eigenvalue weighted by Crippen LogP contribution is 2.11. The lowest BCUT2D eigenvalue weighted by molar-refractivity contribution is 0.0319. The van der Waals surface area contributed by atoms with Crippen LogP contribution in [0.4, 0.5) is 5.69 Å². The fourth-order valence-corrected chi connectivity index (χ4v) is 1.74. The molecule has 0 saturated carbocycles. The van der Waals surface area contributed by atoms with Crippen LogP contribution >= 0.6 is 0 Å². The molecule has 2 aromatic rings. The average molecular weight is 269 g/mol. The van der Waals surface area contributed by atoms with E-state index in [1.54, 1.807) is 55.5 Å². The minimum Gasteiger partial charge on any atom is -0.451 e. The standard InChI is InChI=1S/C16H15NO3/c1-11(15(18)12-5-3-2-4-6-12)20-16(19)13-7-9-14(17)10-8-13/h2-11H,17H2,1H3/t11-/m1/s1. The molecule has 4 nitrogen and oxygen atoms in total. The third-order valence-electron chi connectivity index (χ3n) is 2.86. The molecule has 0 aliphatic rings. The second-order valence-electron chi connectivity index (χ2n) is 4.40. The van der Waals surface area contributed by atoms with Crippen molar-refractivity contribution in [3.8, 4) is 0 Å². The van der Waals surface area contributed by atoms with Crippen molar-refractivity contribution in [2.75, 3.05) is 5.73 Å². The van der Waals surface area contributed by atoms with E-state index in [1.807, 2.05) is 6.07 Å². The Kier molecular flexibility index (Phi) is 4.15. The summed E-state index contributed by atoms with van der Waals surface area (Å²) in [4.78, 5) is 24.0. The van der Waals surface area contributed by atoms with Gasteiger partial charge in [-0.2, -0.15) is 0 Å². The van der Waals surface area contributed by atoms with Crippen LogP contribution in [0.5, 0.6) is 0 Å². The van der Waals surface area contributed by atoms with Crippen LogP contribution in [0.15, 0.2) is 54.6 Å². The van der Waals surface area contributed by atoms with Crippen molar-refractivity contribution in [1.82, 2.24) is 0 Å². The van der Waals surface area contributed by atoms with E-state index in [2.05, 4.69) is 0 Å². The van der Waals surface area contributed by atoms with Gasteiger partial charge in [0.25, 0.3) is 0 Å². The van der Waals surface area contributed by atoms with E-state index in [0.29, 0.717) is 16.8 Å². The van der Waals surface area contributed by atoms with Crippen LogP contribution in [0, 0.1) is 0 Å². The molecule has 4 heteroatoms. The fourth-order valence-electron chi connectivity index (χ4n) is 1.74. The average Bonchev–Trinajstić information content (AvgIpc) is 2.48. The first kappa shape index (κ1) is 13.8. The SMILES string of the molecule is C[C@@H](OC(=O)c1ccc(N)cc1)C(=O)c1ccccc1. The van der Waals surface area contributed by atoms with Crippen LogP contribution in [0.2, 0.25) is 0 Å². The first-order chi connectivity index (χ1) is 9.58. The van der Waals surface area contributed by atoms with Crippen LogP contribution in [0.25, 0.3) is 0 Å². The van der Waals surface area contributed by atoms with Crippen molar-refractivity contribution in [3.63, 3.8) is 0 Å². The number of esters is 1. The summed E-state index contributed by atoms with van der Waals surface area (Å²) in [6, 6.07) is 15.1. The number of ether oxygens (including phenoxy) is 1. The minimum atomic E-state index is -0.831. The van der Waals surface area contributed by atoms with Gasteiger partial charge in [-0.25, -0.2) is 4.79 Å². The maximum atomic E-state index is 12.1. The summed E-state index contributed by atoms with van der Waals surface area (Å²) in [5.74, 6) is -0.767. The summed E-state index contributed by atoms with van der Waals surface area (Å²) >= 11 is 0. The zero-order valence-electron chi connectivity index (χ0n) is 11.1. The van der Waals surface area contributed by atoms with E-state index in [0.717, 1.165) is 0 Å². The monoisotopic (exact) mass is 269 g/mol. The van der Waals surface area contributed by atoms with Crippen molar-refractivity contribution in [2.45, 2.75) is 13.0 Å². The van der Waals surface area contributed by atoms with Gasteiger partial charge in [0.05, 0.1) is 5.56 Å². The molecule has 0 aliphatic heterocycles. The Morgan fingerprint density at radius 3 is 2.15 bits per heavy atom. The van der Waals surface area contributed by atoms with Gasteiger partial charge in [0.2, 0.25) is 5.78 Å². The predicted octanol–water partition coefficient (Wildman–Crippen LogP) is 2.70. The van der Waals surface area contributed by atoms with Gasteiger partial charge in [0.1, 0.15) is 0 Å². The number of nitrogen functional groups attached to an aromatic ring is 1. The van der Waals surface area contributed by atoms with Crippen molar-refractivity contribution in [1.29, 1.82) is 0 Å². The Morgan fingerprint density at radius 1 is 0.950 bits per heavy atom. The molecule has 0 unspecified atom stereocenters. The molecule has 0 spiro atoms.